The van der Waals surface area contributed by atoms with E-state index in [9.17, 15) is 13.2 Å². The number of nitrogens with one attached hydrogen (secondary N) is 1. The van der Waals surface area contributed by atoms with Crippen LogP contribution >= 0.6 is 24.0 Å². The van der Waals surface area contributed by atoms with E-state index < -0.39 is 11.7 Å². The lowest BCUT2D eigenvalue weighted by atomic mass is 10.1. The molecule has 1 saturated heterocycles. The van der Waals surface area contributed by atoms with Gasteiger partial charge >= 0.3 is 6.18 Å². The van der Waals surface area contributed by atoms with Crippen LogP contribution in [0.1, 0.15) is 18.4 Å². The molecule has 0 atom stereocenters. The second-order valence-electron chi connectivity index (χ2n) is 6.81. The summed E-state index contributed by atoms with van der Waals surface area (Å²) in [7, 11) is 3.40. The van der Waals surface area contributed by atoms with Gasteiger partial charge in [-0.25, -0.2) is 0 Å². The summed E-state index contributed by atoms with van der Waals surface area (Å²) in [6.07, 6.45) is -2.40. The average molecular weight is 544 g/mol. The van der Waals surface area contributed by atoms with E-state index in [1.807, 2.05) is 4.90 Å². The van der Waals surface area contributed by atoms with Crippen molar-refractivity contribution in [3.05, 3.63) is 29.8 Å². The maximum Gasteiger partial charge on any atom is 0.416 e. The summed E-state index contributed by atoms with van der Waals surface area (Å²) in [4.78, 5) is 8.45. The minimum absolute atomic E-state index is 0. The lowest BCUT2D eigenvalue weighted by Crippen LogP contribution is -2.52. The Morgan fingerprint density at radius 2 is 1.83 bits per heavy atom. The molecule has 1 aromatic rings. The number of alkyl halides is 3. The largest absolute Gasteiger partial charge is 0.416 e. The second-order valence-corrected chi connectivity index (χ2v) is 6.81. The highest BCUT2D eigenvalue weighted by Gasteiger charge is 2.31. The van der Waals surface area contributed by atoms with E-state index in [1.54, 1.807) is 20.2 Å². The van der Waals surface area contributed by atoms with Crippen LogP contribution in [0.15, 0.2) is 29.3 Å². The number of nitrogens with zero attached hydrogens (tertiary/aromatic N) is 3. The van der Waals surface area contributed by atoms with E-state index >= 15 is 0 Å². The number of methoxy groups -OCH3 is 1. The number of rotatable bonds is 9. The fraction of sp³-hybridized carbons (Fsp3) is 0.650. The molecule has 0 spiro atoms. The summed E-state index contributed by atoms with van der Waals surface area (Å²) in [5, 5.41) is 3.35. The third kappa shape index (κ3) is 8.84. The summed E-state index contributed by atoms with van der Waals surface area (Å²) in [6, 6.07) is 5.52. The van der Waals surface area contributed by atoms with Crippen LogP contribution in [0.3, 0.4) is 0 Å². The molecule has 1 N–H and O–H groups in total. The zero-order valence-corrected chi connectivity index (χ0v) is 19.9. The number of anilines is 1. The van der Waals surface area contributed by atoms with Crippen molar-refractivity contribution in [2.24, 2.45) is 4.99 Å². The SMILES string of the molecule is CN=C(NCCCCOCCOC)N1CCN(c2cccc(C(F)(F)F)c2)CC1.I. The van der Waals surface area contributed by atoms with Crippen LogP contribution in [0, 0.1) is 0 Å². The number of ether oxygens (including phenoxy) is 2. The molecule has 10 heteroatoms. The van der Waals surface area contributed by atoms with Crippen LogP contribution in [0.5, 0.6) is 0 Å². The van der Waals surface area contributed by atoms with Crippen LogP contribution in [0.4, 0.5) is 18.9 Å². The smallest absolute Gasteiger partial charge is 0.382 e. The first-order chi connectivity index (χ1) is 14.0. The number of unbranched alkanes of at least 4 members (excludes halogenated alkanes) is 1. The van der Waals surface area contributed by atoms with Crippen molar-refractivity contribution >= 4 is 35.6 Å². The lowest BCUT2D eigenvalue weighted by molar-refractivity contribution is -0.137. The molecular formula is C20H32F3IN4O2. The Morgan fingerprint density at radius 1 is 1.10 bits per heavy atom. The van der Waals surface area contributed by atoms with Crippen LogP contribution in [0.25, 0.3) is 0 Å². The van der Waals surface area contributed by atoms with Crippen molar-refractivity contribution < 1.29 is 22.6 Å². The molecule has 0 saturated carbocycles. The minimum atomic E-state index is -4.32. The van der Waals surface area contributed by atoms with Crippen molar-refractivity contribution in [2.75, 3.05) is 71.6 Å². The minimum Gasteiger partial charge on any atom is -0.382 e. The molecule has 1 aliphatic heterocycles. The van der Waals surface area contributed by atoms with E-state index in [0.29, 0.717) is 51.7 Å². The number of hydrogen-bond donors (Lipinski definition) is 1. The zero-order chi connectivity index (χ0) is 21.1. The molecule has 0 amide bonds. The number of halogens is 4. The van der Waals surface area contributed by atoms with E-state index in [2.05, 4.69) is 15.2 Å². The number of hydrogen-bond acceptors (Lipinski definition) is 4. The number of aliphatic imine (C=N–C) groups is 1. The molecule has 0 aromatic heterocycles. The Kier molecular flexibility index (Phi) is 12.4. The Morgan fingerprint density at radius 3 is 2.47 bits per heavy atom. The topological polar surface area (TPSA) is 49.3 Å². The molecule has 30 heavy (non-hydrogen) atoms. The molecule has 6 nitrogen and oxygen atoms in total. The molecule has 1 aliphatic rings. The number of benzene rings is 1. The van der Waals surface area contributed by atoms with Crippen molar-refractivity contribution in [3.63, 3.8) is 0 Å². The van der Waals surface area contributed by atoms with Gasteiger partial charge in [-0.05, 0) is 31.0 Å². The first-order valence-corrected chi connectivity index (χ1v) is 9.90. The number of guanidine groups is 1. The second kappa shape index (κ2) is 13.9. The van der Waals surface area contributed by atoms with Gasteiger partial charge in [0.1, 0.15) is 0 Å². The molecule has 0 bridgehead atoms. The highest BCUT2D eigenvalue weighted by Crippen LogP contribution is 2.31. The predicted molar refractivity (Wildman–Crippen MR) is 124 cm³/mol. The molecule has 1 aromatic carbocycles. The van der Waals surface area contributed by atoms with Gasteiger partial charge in [-0.15, -0.1) is 24.0 Å². The summed E-state index contributed by atoms with van der Waals surface area (Å²) in [6.45, 7) is 5.43. The van der Waals surface area contributed by atoms with Crippen molar-refractivity contribution in [2.45, 2.75) is 19.0 Å². The molecule has 172 valence electrons. The van der Waals surface area contributed by atoms with E-state index in [4.69, 9.17) is 9.47 Å². The van der Waals surface area contributed by atoms with Crippen molar-refractivity contribution in [3.8, 4) is 0 Å². The zero-order valence-electron chi connectivity index (χ0n) is 17.6. The Hall–Kier alpha value is -1.27. The van der Waals surface area contributed by atoms with E-state index in [-0.39, 0.29) is 24.0 Å². The lowest BCUT2D eigenvalue weighted by Gasteiger charge is -2.37. The summed E-state index contributed by atoms with van der Waals surface area (Å²) in [5.41, 5.74) is -0.00278. The fourth-order valence-electron chi connectivity index (χ4n) is 3.16. The molecule has 1 heterocycles. The first kappa shape index (κ1) is 26.8. The third-order valence-corrected chi connectivity index (χ3v) is 4.76. The quantitative estimate of drug-likeness (QED) is 0.224. The van der Waals surface area contributed by atoms with E-state index in [0.717, 1.165) is 31.4 Å². The Bertz CT molecular complexity index is 639. The molecule has 0 aliphatic carbocycles. The highest BCUT2D eigenvalue weighted by atomic mass is 127. The maximum atomic E-state index is 12.9. The average Bonchev–Trinajstić information content (AvgIpc) is 2.72. The van der Waals surface area contributed by atoms with Crippen LogP contribution in [-0.4, -0.2) is 77.6 Å². The summed E-state index contributed by atoms with van der Waals surface area (Å²) >= 11 is 0. The molecule has 2 rings (SSSR count). The van der Waals surface area contributed by atoms with Gasteiger partial charge in [-0.2, -0.15) is 13.2 Å². The summed E-state index contributed by atoms with van der Waals surface area (Å²) in [5.74, 6) is 0.828. The summed E-state index contributed by atoms with van der Waals surface area (Å²) < 4.78 is 49.2. The van der Waals surface area contributed by atoms with Gasteiger partial charge in [0.15, 0.2) is 5.96 Å². The molecular weight excluding hydrogens is 512 g/mol. The molecule has 1 fully saturated rings. The number of piperazine rings is 1. The van der Waals surface area contributed by atoms with Gasteiger partial charge in [-0.1, -0.05) is 6.07 Å². The van der Waals surface area contributed by atoms with Crippen molar-refractivity contribution in [1.82, 2.24) is 10.2 Å². The highest BCUT2D eigenvalue weighted by molar-refractivity contribution is 14.0. The van der Waals surface area contributed by atoms with Crippen molar-refractivity contribution in [1.29, 1.82) is 0 Å². The molecule has 0 radical (unpaired) electrons. The van der Waals surface area contributed by atoms with Crippen LogP contribution in [0.2, 0.25) is 0 Å². The third-order valence-electron chi connectivity index (χ3n) is 4.76. The van der Waals surface area contributed by atoms with Gasteiger partial charge in [0.05, 0.1) is 18.8 Å². The van der Waals surface area contributed by atoms with E-state index in [1.165, 1.54) is 12.1 Å². The Balaban J connectivity index is 0.00000450. The molecule has 0 unspecified atom stereocenters. The Labute approximate surface area is 193 Å². The standard InChI is InChI=1S/C20H31F3N4O2.HI/c1-24-19(25-8-3-4-13-29-15-14-28-2)27-11-9-26(10-12-27)18-7-5-6-17(16-18)20(21,22)23;/h5-7,16H,3-4,8-15H2,1-2H3,(H,24,25);1H. The van der Waals surface area contributed by atoms with Gasteiger partial charge in [0.2, 0.25) is 0 Å². The monoisotopic (exact) mass is 544 g/mol. The van der Waals surface area contributed by atoms with Gasteiger partial charge < -0.3 is 24.6 Å². The predicted octanol–water partition coefficient (Wildman–Crippen LogP) is 3.46. The van der Waals surface area contributed by atoms with Crippen LogP contribution < -0.4 is 10.2 Å². The van der Waals surface area contributed by atoms with Crippen LogP contribution in [-0.2, 0) is 15.7 Å². The maximum absolute atomic E-state index is 12.9. The first-order valence-electron chi connectivity index (χ1n) is 9.90. The van der Waals surface area contributed by atoms with Gasteiger partial charge in [-0.3, -0.25) is 4.99 Å². The fourth-order valence-corrected chi connectivity index (χ4v) is 3.16. The van der Waals surface area contributed by atoms with Gasteiger partial charge in [0, 0.05) is 59.2 Å². The normalized spacial score (nSPS) is 15.2. The van der Waals surface area contributed by atoms with Gasteiger partial charge in [0.25, 0.3) is 0 Å².